The number of anilines is 1. The van der Waals surface area contributed by atoms with Gasteiger partial charge in [-0.1, -0.05) is 0 Å². The molecule has 0 aliphatic rings. The Morgan fingerprint density at radius 2 is 1.62 bits per heavy atom. The molecule has 0 fully saturated rings. The van der Waals surface area contributed by atoms with Crippen LogP contribution in [0.15, 0.2) is 42.5 Å². The summed E-state index contributed by atoms with van der Waals surface area (Å²) < 4.78 is 64.0. The van der Waals surface area contributed by atoms with Crippen LogP contribution in [-0.4, -0.2) is 32.7 Å². The van der Waals surface area contributed by atoms with Crippen LogP contribution in [0.5, 0.6) is 17.2 Å². The van der Waals surface area contributed by atoms with E-state index in [1.807, 2.05) is 0 Å². The molecule has 0 saturated carbocycles. The summed E-state index contributed by atoms with van der Waals surface area (Å²) in [7, 11) is 2.88. The van der Waals surface area contributed by atoms with Gasteiger partial charge in [-0.15, -0.1) is 0 Å². The number of nitrogens with one attached hydrogen (secondary N) is 1. The van der Waals surface area contributed by atoms with E-state index in [9.17, 15) is 22.4 Å². The van der Waals surface area contributed by atoms with Gasteiger partial charge in [-0.2, -0.15) is 17.6 Å². The average molecular weight is 373 g/mol. The Morgan fingerprint density at radius 1 is 1.00 bits per heavy atom. The Hall–Kier alpha value is -2.97. The summed E-state index contributed by atoms with van der Waals surface area (Å²) in [6.07, 6.45) is -8.54. The van der Waals surface area contributed by atoms with Gasteiger partial charge in [0.2, 0.25) is 0 Å². The van der Waals surface area contributed by atoms with E-state index in [-0.39, 0.29) is 11.3 Å². The molecule has 0 aliphatic heterocycles. The highest BCUT2D eigenvalue weighted by Gasteiger charge is 2.43. The van der Waals surface area contributed by atoms with Crippen molar-refractivity contribution in [2.24, 2.45) is 0 Å². The maximum absolute atomic E-state index is 12.8. The van der Waals surface area contributed by atoms with Gasteiger partial charge in [0.15, 0.2) is 11.5 Å². The molecular formula is C17H15F4NO4. The predicted molar refractivity (Wildman–Crippen MR) is 85.5 cm³/mol. The Morgan fingerprint density at radius 3 is 2.15 bits per heavy atom. The summed E-state index contributed by atoms with van der Waals surface area (Å²) >= 11 is 0. The highest BCUT2D eigenvalue weighted by Crippen LogP contribution is 2.29. The standard InChI is InChI=1S/C17H15F4NO4/c1-24-13-8-3-10(9-14(13)25-2)15(23)22-11-4-6-12(7-5-11)26-17(20,21)16(18)19/h3-9,16H,1-2H3,(H,22,23). The van der Waals surface area contributed by atoms with Crippen molar-refractivity contribution in [3.63, 3.8) is 0 Å². The first-order chi connectivity index (χ1) is 12.3. The SMILES string of the molecule is COc1ccc(C(=O)Nc2ccc(OC(F)(F)C(F)F)cc2)cc1OC. The second-order valence-corrected chi connectivity index (χ2v) is 5.01. The van der Waals surface area contributed by atoms with Crippen LogP contribution in [0.25, 0.3) is 0 Å². The molecule has 0 unspecified atom stereocenters. The van der Waals surface area contributed by atoms with Crippen LogP contribution in [0, 0.1) is 0 Å². The summed E-state index contributed by atoms with van der Waals surface area (Å²) in [5.41, 5.74) is 0.532. The minimum Gasteiger partial charge on any atom is -0.493 e. The molecule has 0 heterocycles. The molecule has 0 bridgehead atoms. The number of halogens is 4. The van der Waals surface area contributed by atoms with Crippen LogP contribution in [-0.2, 0) is 0 Å². The third kappa shape index (κ3) is 4.56. The molecule has 0 spiro atoms. The van der Waals surface area contributed by atoms with Crippen molar-refractivity contribution >= 4 is 11.6 Å². The number of ether oxygens (including phenoxy) is 3. The third-order valence-electron chi connectivity index (χ3n) is 3.27. The molecular weight excluding hydrogens is 358 g/mol. The van der Waals surface area contributed by atoms with E-state index < -0.39 is 24.2 Å². The molecule has 0 aliphatic carbocycles. The normalized spacial score (nSPS) is 11.2. The maximum atomic E-state index is 12.8. The van der Waals surface area contributed by atoms with Crippen molar-refractivity contribution in [1.82, 2.24) is 0 Å². The van der Waals surface area contributed by atoms with Crippen LogP contribution in [0.4, 0.5) is 23.2 Å². The Bertz CT molecular complexity index is 766. The lowest BCUT2D eigenvalue weighted by Crippen LogP contribution is -2.33. The molecule has 0 atom stereocenters. The fourth-order valence-corrected chi connectivity index (χ4v) is 1.99. The zero-order valence-corrected chi connectivity index (χ0v) is 13.8. The van der Waals surface area contributed by atoms with Crippen LogP contribution >= 0.6 is 0 Å². The van der Waals surface area contributed by atoms with Gasteiger partial charge in [0.1, 0.15) is 5.75 Å². The Labute approximate surface area is 146 Å². The minimum absolute atomic E-state index is 0.262. The largest absolute Gasteiger partial charge is 0.493 e. The molecule has 2 aromatic rings. The predicted octanol–water partition coefficient (Wildman–Crippen LogP) is 4.19. The smallest absolute Gasteiger partial charge is 0.461 e. The van der Waals surface area contributed by atoms with Crippen molar-refractivity contribution in [3.8, 4) is 17.2 Å². The Balaban J connectivity index is 2.08. The van der Waals surface area contributed by atoms with Gasteiger partial charge in [-0.05, 0) is 42.5 Å². The van der Waals surface area contributed by atoms with Crippen LogP contribution in [0.3, 0.4) is 0 Å². The van der Waals surface area contributed by atoms with Crippen molar-refractivity contribution < 1.29 is 36.6 Å². The first kappa shape index (κ1) is 19.4. The van der Waals surface area contributed by atoms with E-state index >= 15 is 0 Å². The molecule has 5 nitrogen and oxygen atoms in total. The summed E-state index contributed by atoms with van der Waals surface area (Å²) in [5, 5.41) is 2.53. The van der Waals surface area contributed by atoms with Gasteiger partial charge in [0.25, 0.3) is 5.91 Å². The quantitative estimate of drug-likeness (QED) is 0.740. The van der Waals surface area contributed by atoms with Crippen LogP contribution < -0.4 is 19.5 Å². The fourth-order valence-electron chi connectivity index (χ4n) is 1.99. The zero-order valence-electron chi connectivity index (χ0n) is 13.8. The lowest BCUT2D eigenvalue weighted by molar-refractivity contribution is -0.253. The lowest BCUT2D eigenvalue weighted by atomic mass is 10.2. The van der Waals surface area contributed by atoms with Crippen LogP contribution in [0.1, 0.15) is 10.4 Å². The van der Waals surface area contributed by atoms with E-state index in [1.165, 1.54) is 38.5 Å². The summed E-state index contributed by atoms with van der Waals surface area (Å²) in [6, 6.07) is 9.11. The minimum atomic E-state index is -4.59. The summed E-state index contributed by atoms with van der Waals surface area (Å²) in [6.45, 7) is 0. The molecule has 0 radical (unpaired) electrons. The van der Waals surface area contributed by atoms with E-state index in [4.69, 9.17) is 9.47 Å². The van der Waals surface area contributed by atoms with Crippen molar-refractivity contribution in [2.75, 3.05) is 19.5 Å². The number of carbonyl (C=O) groups is 1. The fraction of sp³-hybridized carbons (Fsp3) is 0.235. The number of hydrogen-bond acceptors (Lipinski definition) is 4. The molecule has 1 N–H and O–H groups in total. The topological polar surface area (TPSA) is 56.8 Å². The second kappa shape index (κ2) is 7.94. The van der Waals surface area contributed by atoms with Crippen molar-refractivity contribution in [2.45, 2.75) is 12.5 Å². The third-order valence-corrected chi connectivity index (χ3v) is 3.27. The monoisotopic (exact) mass is 373 g/mol. The Kier molecular flexibility index (Phi) is 5.91. The van der Waals surface area contributed by atoms with Gasteiger partial charge in [0.05, 0.1) is 14.2 Å². The highest BCUT2D eigenvalue weighted by atomic mass is 19.3. The van der Waals surface area contributed by atoms with E-state index in [0.717, 1.165) is 12.1 Å². The number of rotatable bonds is 7. The van der Waals surface area contributed by atoms with E-state index in [2.05, 4.69) is 10.1 Å². The van der Waals surface area contributed by atoms with Crippen molar-refractivity contribution in [1.29, 1.82) is 0 Å². The summed E-state index contributed by atoms with van der Waals surface area (Å²) in [4.78, 5) is 12.2. The first-order valence-electron chi connectivity index (χ1n) is 7.25. The second-order valence-electron chi connectivity index (χ2n) is 5.01. The molecule has 0 saturated heterocycles. The van der Waals surface area contributed by atoms with E-state index in [1.54, 1.807) is 6.07 Å². The van der Waals surface area contributed by atoms with Crippen LogP contribution in [0.2, 0.25) is 0 Å². The first-order valence-corrected chi connectivity index (χ1v) is 7.25. The number of hydrogen-bond donors (Lipinski definition) is 1. The lowest BCUT2D eigenvalue weighted by Gasteiger charge is -2.17. The number of amides is 1. The van der Waals surface area contributed by atoms with Gasteiger partial charge in [-0.3, -0.25) is 4.79 Å². The summed E-state index contributed by atoms with van der Waals surface area (Å²) in [5.74, 6) is -0.138. The zero-order chi connectivity index (χ0) is 19.3. The number of methoxy groups -OCH3 is 2. The maximum Gasteiger partial charge on any atom is 0.461 e. The highest BCUT2D eigenvalue weighted by molar-refractivity contribution is 6.04. The molecule has 26 heavy (non-hydrogen) atoms. The van der Waals surface area contributed by atoms with Gasteiger partial charge in [0, 0.05) is 11.3 Å². The molecule has 9 heteroatoms. The molecule has 1 amide bonds. The van der Waals surface area contributed by atoms with Gasteiger partial charge in [-0.25, -0.2) is 0 Å². The van der Waals surface area contributed by atoms with Gasteiger partial charge < -0.3 is 19.5 Å². The number of alkyl halides is 4. The number of carbonyl (C=O) groups excluding carboxylic acids is 1. The molecule has 0 aromatic heterocycles. The average Bonchev–Trinajstić information content (AvgIpc) is 2.62. The molecule has 2 rings (SSSR count). The van der Waals surface area contributed by atoms with Gasteiger partial charge >= 0.3 is 12.5 Å². The number of benzene rings is 2. The van der Waals surface area contributed by atoms with E-state index in [0.29, 0.717) is 11.5 Å². The van der Waals surface area contributed by atoms with Crippen molar-refractivity contribution in [3.05, 3.63) is 48.0 Å². The molecule has 140 valence electrons. The molecule has 2 aromatic carbocycles.